The first-order valence-electron chi connectivity index (χ1n) is 7.22. The maximum Gasteiger partial charge on any atom is 0.274 e. The molecule has 1 amide bonds. The first kappa shape index (κ1) is 15.0. The first-order chi connectivity index (χ1) is 11.1. The van der Waals surface area contributed by atoms with Gasteiger partial charge in [0.15, 0.2) is 11.5 Å². The van der Waals surface area contributed by atoms with Crippen molar-refractivity contribution in [2.75, 3.05) is 0 Å². The highest BCUT2D eigenvalue weighted by atomic mass is 16.5. The molecule has 0 aliphatic carbocycles. The van der Waals surface area contributed by atoms with Crippen LogP contribution < -0.4 is 5.32 Å². The van der Waals surface area contributed by atoms with Gasteiger partial charge in [-0.15, -0.1) is 0 Å². The molecule has 118 valence electrons. The molecule has 2 aromatic heterocycles. The zero-order valence-electron chi connectivity index (χ0n) is 12.8. The molecule has 0 saturated heterocycles. The summed E-state index contributed by atoms with van der Waals surface area (Å²) in [6.07, 6.45) is 0.553. The van der Waals surface area contributed by atoms with Crippen molar-refractivity contribution in [2.45, 2.75) is 26.3 Å². The zero-order chi connectivity index (χ0) is 16.2. The van der Waals surface area contributed by atoms with E-state index in [-0.39, 0.29) is 11.6 Å². The highest BCUT2D eigenvalue weighted by molar-refractivity contribution is 5.92. The van der Waals surface area contributed by atoms with Crippen LogP contribution >= 0.6 is 0 Å². The molecule has 0 bridgehead atoms. The van der Waals surface area contributed by atoms with Gasteiger partial charge in [-0.2, -0.15) is 4.98 Å². The summed E-state index contributed by atoms with van der Waals surface area (Å²) in [7, 11) is 0. The molecule has 7 heteroatoms. The molecule has 0 unspecified atom stereocenters. The SMILES string of the molecule is Cc1cc(C(=O)N[C@H](C)c2noc(Cc3ccccc3)n2)no1. The molecule has 0 radical (unpaired) electrons. The molecule has 23 heavy (non-hydrogen) atoms. The summed E-state index contributed by atoms with van der Waals surface area (Å²) < 4.78 is 10.1. The smallest absolute Gasteiger partial charge is 0.274 e. The highest BCUT2D eigenvalue weighted by Gasteiger charge is 2.19. The fourth-order valence-corrected chi connectivity index (χ4v) is 2.09. The van der Waals surface area contributed by atoms with Crippen molar-refractivity contribution in [3.05, 3.63) is 65.1 Å². The van der Waals surface area contributed by atoms with Crippen molar-refractivity contribution in [3.8, 4) is 0 Å². The Morgan fingerprint density at radius 1 is 1.22 bits per heavy atom. The lowest BCUT2D eigenvalue weighted by Gasteiger charge is -2.07. The van der Waals surface area contributed by atoms with Gasteiger partial charge in [-0.1, -0.05) is 40.6 Å². The van der Waals surface area contributed by atoms with Gasteiger partial charge in [0, 0.05) is 6.07 Å². The van der Waals surface area contributed by atoms with Gasteiger partial charge in [-0.3, -0.25) is 4.79 Å². The monoisotopic (exact) mass is 312 g/mol. The number of hydrogen-bond acceptors (Lipinski definition) is 6. The van der Waals surface area contributed by atoms with E-state index in [4.69, 9.17) is 9.05 Å². The van der Waals surface area contributed by atoms with E-state index in [1.807, 2.05) is 30.3 Å². The second-order valence-corrected chi connectivity index (χ2v) is 5.23. The highest BCUT2D eigenvalue weighted by Crippen LogP contribution is 2.13. The topological polar surface area (TPSA) is 94.1 Å². The molecule has 1 atom stereocenters. The van der Waals surface area contributed by atoms with Crippen molar-refractivity contribution in [1.82, 2.24) is 20.6 Å². The fraction of sp³-hybridized carbons (Fsp3) is 0.250. The number of nitrogens with one attached hydrogen (secondary N) is 1. The van der Waals surface area contributed by atoms with Gasteiger partial charge >= 0.3 is 0 Å². The summed E-state index contributed by atoms with van der Waals surface area (Å²) in [6.45, 7) is 3.50. The molecule has 0 fully saturated rings. The molecule has 3 rings (SSSR count). The maximum atomic E-state index is 12.0. The average Bonchev–Trinajstić information content (AvgIpc) is 3.17. The average molecular weight is 312 g/mol. The molecule has 0 saturated carbocycles. The third-order valence-electron chi connectivity index (χ3n) is 3.28. The second-order valence-electron chi connectivity index (χ2n) is 5.23. The predicted molar refractivity (Wildman–Crippen MR) is 80.7 cm³/mol. The third-order valence-corrected chi connectivity index (χ3v) is 3.28. The molecule has 3 aromatic rings. The Bertz CT molecular complexity index is 795. The molecule has 0 aliphatic heterocycles. The first-order valence-corrected chi connectivity index (χ1v) is 7.22. The number of nitrogens with zero attached hydrogens (tertiary/aromatic N) is 3. The van der Waals surface area contributed by atoms with Crippen LogP contribution in [0.3, 0.4) is 0 Å². The number of aryl methyl sites for hydroxylation is 1. The minimum Gasteiger partial charge on any atom is -0.361 e. The van der Waals surface area contributed by atoms with E-state index in [1.54, 1.807) is 19.9 Å². The van der Waals surface area contributed by atoms with Gasteiger partial charge in [0.2, 0.25) is 5.89 Å². The Morgan fingerprint density at radius 3 is 2.70 bits per heavy atom. The lowest BCUT2D eigenvalue weighted by Crippen LogP contribution is -2.27. The lowest BCUT2D eigenvalue weighted by atomic mass is 10.1. The summed E-state index contributed by atoms with van der Waals surface area (Å²) in [4.78, 5) is 16.3. The quantitative estimate of drug-likeness (QED) is 0.777. The van der Waals surface area contributed by atoms with Crippen LogP contribution in [0.4, 0.5) is 0 Å². The minimum absolute atomic E-state index is 0.224. The van der Waals surface area contributed by atoms with Gasteiger partial charge in [0.1, 0.15) is 5.76 Å². The predicted octanol–water partition coefficient (Wildman–Crippen LogP) is 2.45. The Kier molecular flexibility index (Phi) is 4.18. The summed E-state index contributed by atoms with van der Waals surface area (Å²) in [5, 5.41) is 10.3. The fourth-order valence-electron chi connectivity index (χ4n) is 2.09. The van der Waals surface area contributed by atoms with E-state index in [2.05, 4.69) is 20.6 Å². The number of amides is 1. The molecule has 1 aromatic carbocycles. The Hall–Kier alpha value is -2.96. The van der Waals surface area contributed by atoms with Crippen LogP contribution in [0.2, 0.25) is 0 Å². The van der Waals surface area contributed by atoms with Crippen LogP contribution in [0.15, 0.2) is 45.4 Å². The Labute approximate surface area is 132 Å². The molecule has 0 spiro atoms. The van der Waals surface area contributed by atoms with E-state index < -0.39 is 6.04 Å². The van der Waals surface area contributed by atoms with Crippen molar-refractivity contribution in [2.24, 2.45) is 0 Å². The Morgan fingerprint density at radius 2 is 2.00 bits per heavy atom. The normalized spacial score (nSPS) is 12.1. The minimum atomic E-state index is -0.396. The van der Waals surface area contributed by atoms with E-state index >= 15 is 0 Å². The van der Waals surface area contributed by atoms with Crippen LogP contribution in [0.1, 0.15) is 46.5 Å². The molecule has 7 nitrogen and oxygen atoms in total. The summed E-state index contributed by atoms with van der Waals surface area (Å²) in [5.41, 5.74) is 1.31. The van der Waals surface area contributed by atoms with Crippen LogP contribution in [0, 0.1) is 6.92 Å². The van der Waals surface area contributed by atoms with Gasteiger partial charge in [-0.25, -0.2) is 0 Å². The van der Waals surface area contributed by atoms with Gasteiger partial charge in [0.05, 0.1) is 12.5 Å². The summed E-state index contributed by atoms with van der Waals surface area (Å²) in [5.74, 6) is 1.16. The van der Waals surface area contributed by atoms with Gasteiger partial charge in [0.25, 0.3) is 5.91 Å². The van der Waals surface area contributed by atoms with Crippen molar-refractivity contribution in [3.63, 3.8) is 0 Å². The van der Waals surface area contributed by atoms with Crippen LogP contribution in [-0.2, 0) is 6.42 Å². The zero-order valence-corrected chi connectivity index (χ0v) is 12.8. The van der Waals surface area contributed by atoms with E-state index in [1.165, 1.54) is 0 Å². The van der Waals surface area contributed by atoms with E-state index in [0.29, 0.717) is 23.9 Å². The third kappa shape index (κ3) is 3.63. The van der Waals surface area contributed by atoms with Gasteiger partial charge < -0.3 is 14.4 Å². The van der Waals surface area contributed by atoms with Crippen LogP contribution in [0.25, 0.3) is 0 Å². The van der Waals surface area contributed by atoms with Crippen molar-refractivity contribution in [1.29, 1.82) is 0 Å². The molecule has 0 aliphatic rings. The van der Waals surface area contributed by atoms with Crippen molar-refractivity contribution >= 4 is 5.91 Å². The number of hydrogen-bond donors (Lipinski definition) is 1. The molecule has 2 heterocycles. The number of aromatic nitrogens is 3. The number of carbonyl (C=O) groups is 1. The summed E-state index contributed by atoms with van der Waals surface area (Å²) >= 11 is 0. The van der Waals surface area contributed by atoms with Crippen molar-refractivity contribution < 1.29 is 13.8 Å². The van der Waals surface area contributed by atoms with Gasteiger partial charge in [-0.05, 0) is 19.4 Å². The van der Waals surface area contributed by atoms with Crippen LogP contribution in [-0.4, -0.2) is 21.2 Å². The lowest BCUT2D eigenvalue weighted by molar-refractivity contribution is 0.0928. The number of carbonyl (C=O) groups excluding carboxylic acids is 1. The molecular formula is C16H16N4O3. The molecule has 1 N–H and O–H groups in total. The maximum absolute atomic E-state index is 12.0. The van der Waals surface area contributed by atoms with E-state index in [9.17, 15) is 4.79 Å². The Balaban J connectivity index is 1.64. The largest absolute Gasteiger partial charge is 0.361 e. The number of rotatable bonds is 5. The second kappa shape index (κ2) is 6.43. The van der Waals surface area contributed by atoms with E-state index in [0.717, 1.165) is 5.56 Å². The standard InChI is InChI=1S/C16H16N4O3/c1-10-8-13(19-22-10)16(21)17-11(2)15-18-14(23-20-15)9-12-6-4-3-5-7-12/h3-8,11H,9H2,1-2H3,(H,17,21)/t11-/m1/s1. The van der Waals surface area contributed by atoms with Crippen LogP contribution in [0.5, 0.6) is 0 Å². The number of benzene rings is 1. The molecular weight excluding hydrogens is 296 g/mol. The summed E-state index contributed by atoms with van der Waals surface area (Å²) in [6, 6.07) is 11.0.